The molecule has 6 nitrogen and oxygen atoms in total. The molecule has 0 N–H and O–H groups in total. The van der Waals surface area contributed by atoms with Gasteiger partial charge in [-0.25, -0.2) is 4.98 Å². The smallest absolute Gasteiger partial charge is 0.221 e. The van der Waals surface area contributed by atoms with Crippen LogP contribution < -0.4 is 0 Å². The molecule has 2 rings (SSSR count). The molecule has 0 saturated carbocycles. The van der Waals surface area contributed by atoms with E-state index in [0.29, 0.717) is 11.6 Å². The molecule has 0 aliphatic carbocycles. The van der Waals surface area contributed by atoms with Crippen molar-refractivity contribution < 1.29 is 0 Å². The SMILES string of the molecule is Cc1nnc(-c2cncn2C)nn1. The summed E-state index contributed by atoms with van der Waals surface area (Å²) < 4.78 is 1.81. The third kappa shape index (κ3) is 1.37. The van der Waals surface area contributed by atoms with Crippen molar-refractivity contribution in [1.82, 2.24) is 29.9 Å². The summed E-state index contributed by atoms with van der Waals surface area (Å²) in [6.07, 6.45) is 3.35. The van der Waals surface area contributed by atoms with E-state index in [1.807, 2.05) is 11.6 Å². The highest BCUT2D eigenvalue weighted by Gasteiger charge is 2.05. The molecule has 0 unspecified atom stereocenters. The molecule has 2 aromatic rings. The molecule has 13 heavy (non-hydrogen) atoms. The molecule has 2 aromatic heterocycles. The fourth-order valence-corrected chi connectivity index (χ4v) is 0.955. The van der Waals surface area contributed by atoms with Gasteiger partial charge in [-0.2, -0.15) is 0 Å². The first-order valence-corrected chi connectivity index (χ1v) is 3.78. The van der Waals surface area contributed by atoms with Crippen LogP contribution in [0.1, 0.15) is 5.82 Å². The summed E-state index contributed by atoms with van der Waals surface area (Å²) in [5.74, 6) is 1.05. The van der Waals surface area contributed by atoms with E-state index in [1.165, 1.54) is 0 Å². The largest absolute Gasteiger partial charge is 0.331 e. The second kappa shape index (κ2) is 2.89. The van der Waals surface area contributed by atoms with E-state index < -0.39 is 0 Å². The van der Waals surface area contributed by atoms with Crippen molar-refractivity contribution >= 4 is 0 Å². The maximum Gasteiger partial charge on any atom is 0.221 e. The maximum atomic E-state index is 3.95. The molecule has 0 atom stereocenters. The van der Waals surface area contributed by atoms with Gasteiger partial charge >= 0.3 is 0 Å². The predicted molar refractivity (Wildman–Crippen MR) is 44.6 cm³/mol. The predicted octanol–water partition coefficient (Wildman–Crippen LogP) is -0.0245. The second-order valence-corrected chi connectivity index (χ2v) is 2.66. The van der Waals surface area contributed by atoms with Gasteiger partial charge in [0.15, 0.2) is 5.82 Å². The summed E-state index contributed by atoms with van der Waals surface area (Å²) in [5.41, 5.74) is 0.806. The van der Waals surface area contributed by atoms with Crippen LogP contribution in [0.4, 0.5) is 0 Å². The van der Waals surface area contributed by atoms with E-state index >= 15 is 0 Å². The quantitative estimate of drug-likeness (QED) is 0.610. The van der Waals surface area contributed by atoms with Gasteiger partial charge in [0.25, 0.3) is 0 Å². The van der Waals surface area contributed by atoms with Crippen LogP contribution in [0.15, 0.2) is 12.5 Å². The normalized spacial score (nSPS) is 10.3. The van der Waals surface area contributed by atoms with Crippen LogP contribution in [0.2, 0.25) is 0 Å². The summed E-state index contributed by atoms with van der Waals surface area (Å²) in [6, 6.07) is 0. The Balaban J connectivity index is 2.47. The zero-order chi connectivity index (χ0) is 9.26. The van der Waals surface area contributed by atoms with Gasteiger partial charge in [0.1, 0.15) is 5.69 Å². The zero-order valence-corrected chi connectivity index (χ0v) is 7.34. The molecule has 0 radical (unpaired) electrons. The minimum Gasteiger partial charge on any atom is -0.331 e. The molecule has 2 heterocycles. The van der Waals surface area contributed by atoms with Crippen LogP contribution in [-0.2, 0) is 7.05 Å². The van der Waals surface area contributed by atoms with Crippen molar-refractivity contribution in [2.75, 3.05) is 0 Å². The average molecular weight is 176 g/mol. The fourth-order valence-electron chi connectivity index (χ4n) is 0.955. The van der Waals surface area contributed by atoms with Crippen LogP contribution >= 0.6 is 0 Å². The Morgan fingerprint density at radius 1 is 1.15 bits per heavy atom. The maximum absolute atomic E-state index is 3.95. The molecule has 0 saturated heterocycles. The number of nitrogens with zero attached hydrogens (tertiary/aromatic N) is 6. The highest BCUT2D eigenvalue weighted by Crippen LogP contribution is 2.09. The van der Waals surface area contributed by atoms with Crippen molar-refractivity contribution in [3.8, 4) is 11.5 Å². The van der Waals surface area contributed by atoms with Crippen LogP contribution in [-0.4, -0.2) is 29.9 Å². The van der Waals surface area contributed by atoms with E-state index in [9.17, 15) is 0 Å². The fraction of sp³-hybridized carbons (Fsp3) is 0.286. The van der Waals surface area contributed by atoms with Gasteiger partial charge < -0.3 is 4.57 Å². The Morgan fingerprint density at radius 3 is 2.38 bits per heavy atom. The Bertz CT molecular complexity index is 403. The van der Waals surface area contributed by atoms with Crippen LogP contribution in [0.25, 0.3) is 11.5 Å². The first-order valence-electron chi connectivity index (χ1n) is 3.78. The molecule has 66 valence electrons. The molecular formula is C7H8N6. The van der Waals surface area contributed by atoms with Crippen molar-refractivity contribution in [2.24, 2.45) is 7.05 Å². The van der Waals surface area contributed by atoms with Crippen LogP contribution in [0.3, 0.4) is 0 Å². The van der Waals surface area contributed by atoms with E-state index in [1.54, 1.807) is 19.4 Å². The number of hydrogen-bond acceptors (Lipinski definition) is 5. The summed E-state index contributed by atoms with van der Waals surface area (Å²) >= 11 is 0. The lowest BCUT2D eigenvalue weighted by atomic mass is 10.4. The van der Waals surface area contributed by atoms with Crippen molar-refractivity contribution in [3.05, 3.63) is 18.3 Å². The highest BCUT2D eigenvalue weighted by atomic mass is 15.3. The van der Waals surface area contributed by atoms with Crippen molar-refractivity contribution in [2.45, 2.75) is 6.92 Å². The Kier molecular flexibility index (Phi) is 1.73. The Hall–Kier alpha value is -1.85. The molecule has 6 heteroatoms. The summed E-state index contributed by atoms with van der Waals surface area (Å²) in [5, 5.41) is 15.4. The van der Waals surface area contributed by atoms with Gasteiger partial charge in [-0.3, -0.25) is 0 Å². The Labute approximate surface area is 74.7 Å². The summed E-state index contributed by atoms with van der Waals surface area (Å²) in [4.78, 5) is 3.95. The molecular weight excluding hydrogens is 168 g/mol. The first kappa shape index (κ1) is 7.78. The molecule has 0 bridgehead atoms. The topological polar surface area (TPSA) is 69.4 Å². The number of aryl methyl sites for hydroxylation is 2. The lowest BCUT2D eigenvalue weighted by Gasteiger charge is -1.97. The number of hydrogen-bond donors (Lipinski definition) is 0. The van der Waals surface area contributed by atoms with Gasteiger partial charge in [0, 0.05) is 7.05 Å². The third-order valence-electron chi connectivity index (χ3n) is 1.62. The van der Waals surface area contributed by atoms with Gasteiger partial charge in [0.05, 0.1) is 12.5 Å². The summed E-state index contributed by atoms with van der Waals surface area (Å²) in [7, 11) is 1.87. The average Bonchev–Trinajstić information content (AvgIpc) is 2.53. The highest BCUT2D eigenvalue weighted by molar-refractivity contribution is 5.46. The third-order valence-corrected chi connectivity index (χ3v) is 1.62. The van der Waals surface area contributed by atoms with Gasteiger partial charge in [-0.1, -0.05) is 0 Å². The van der Waals surface area contributed by atoms with Gasteiger partial charge in [-0.05, 0) is 6.92 Å². The zero-order valence-electron chi connectivity index (χ0n) is 7.34. The standard InChI is InChI=1S/C7H8N6/c1-5-9-11-7(12-10-5)6-3-8-4-13(6)2/h3-4H,1-2H3. The number of aromatic nitrogens is 6. The Morgan fingerprint density at radius 2 is 1.85 bits per heavy atom. The van der Waals surface area contributed by atoms with Crippen LogP contribution in [0.5, 0.6) is 0 Å². The minimum atomic E-state index is 0.491. The first-order chi connectivity index (χ1) is 6.27. The number of rotatable bonds is 1. The van der Waals surface area contributed by atoms with Gasteiger partial charge in [-0.15, -0.1) is 20.4 Å². The second-order valence-electron chi connectivity index (χ2n) is 2.66. The lowest BCUT2D eigenvalue weighted by molar-refractivity contribution is 0.799. The molecule has 0 aliphatic rings. The van der Waals surface area contributed by atoms with E-state index in [0.717, 1.165) is 5.69 Å². The van der Waals surface area contributed by atoms with E-state index in [2.05, 4.69) is 25.4 Å². The van der Waals surface area contributed by atoms with Crippen LogP contribution in [0, 0.1) is 6.92 Å². The van der Waals surface area contributed by atoms with E-state index in [4.69, 9.17) is 0 Å². The molecule has 0 spiro atoms. The van der Waals surface area contributed by atoms with Crippen molar-refractivity contribution in [1.29, 1.82) is 0 Å². The van der Waals surface area contributed by atoms with Crippen molar-refractivity contribution in [3.63, 3.8) is 0 Å². The minimum absolute atomic E-state index is 0.491. The molecule has 0 aliphatic heterocycles. The molecule has 0 amide bonds. The number of imidazole rings is 1. The van der Waals surface area contributed by atoms with E-state index in [-0.39, 0.29) is 0 Å². The lowest BCUT2D eigenvalue weighted by Crippen LogP contribution is -2.01. The molecule has 0 aromatic carbocycles. The monoisotopic (exact) mass is 176 g/mol. The summed E-state index contributed by atoms with van der Waals surface area (Å²) in [6.45, 7) is 1.74. The molecule has 0 fully saturated rings. The van der Waals surface area contributed by atoms with Gasteiger partial charge in [0.2, 0.25) is 5.82 Å².